The van der Waals surface area contributed by atoms with Gasteiger partial charge in [-0.05, 0) is 29.8 Å². The molecule has 0 saturated carbocycles. The van der Waals surface area contributed by atoms with Gasteiger partial charge in [0.1, 0.15) is 5.82 Å². The molecule has 1 amide bonds. The number of carbonyl (C=O) groups excluding carboxylic acids is 2. The molecule has 0 bridgehead atoms. The number of thiophene rings is 1. The van der Waals surface area contributed by atoms with Gasteiger partial charge < -0.3 is 14.8 Å². The summed E-state index contributed by atoms with van der Waals surface area (Å²) in [7, 11) is 2.83. The second-order valence-corrected chi connectivity index (χ2v) is 6.88. The molecule has 1 aromatic heterocycles. The van der Waals surface area contributed by atoms with E-state index in [1.54, 1.807) is 36.4 Å². The number of ether oxygens (including phenoxy) is 2. The SMILES string of the molecule is COCc1c(C(=O)NCc2ccc(C(=O)OC)cc2)sc2cccc(F)c12. The van der Waals surface area contributed by atoms with Crippen LogP contribution in [-0.4, -0.2) is 26.1 Å². The Hall–Kier alpha value is -2.77. The summed E-state index contributed by atoms with van der Waals surface area (Å²) in [5.41, 5.74) is 1.82. The number of hydrogen-bond acceptors (Lipinski definition) is 5. The number of methoxy groups -OCH3 is 2. The zero-order valence-corrected chi connectivity index (χ0v) is 15.7. The third-order valence-corrected chi connectivity index (χ3v) is 5.28. The smallest absolute Gasteiger partial charge is 0.337 e. The number of esters is 1. The van der Waals surface area contributed by atoms with E-state index in [0.717, 1.165) is 5.56 Å². The first-order valence-corrected chi connectivity index (χ1v) is 9.01. The summed E-state index contributed by atoms with van der Waals surface area (Å²) in [5, 5.41) is 3.26. The van der Waals surface area contributed by atoms with Gasteiger partial charge in [-0.1, -0.05) is 18.2 Å². The molecule has 0 fully saturated rings. The molecule has 3 aromatic rings. The van der Waals surface area contributed by atoms with Crippen molar-refractivity contribution in [1.82, 2.24) is 5.32 Å². The minimum absolute atomic E-state index is 0.150. The maximum atomic E-state index is 14.2. The minimum atomic E-state index is -0.415. The summed E-state index contributed by atoms with van der Waals surface area (Å²) in [5.74, 6) is -1.07. The molecule has 0 aliphatic rings. The number of benzene rings is 2. The monoisotopic (exact) mass is 387 g/mol. The fraction of sp³-hybridized carbons (Fsp3) is 0.200. The molecule has 0 atom stereocenters. The van der Waals surface area contributed by atoms with Crippen LogP contribution in [0.4, 0.5) is 4.39 Å². The summed E-state index contributed by atoms with van der Waals surface area (Å²) in [4.78, 5) is 24.6. The quantitative estimate of drug-likeness (QED) is 0.652. The Morgan fingerprint density at radius 2 is 1.85 bits per heavy atom. The van der Waals surface area contributed by atoms with E-state index in [0.29, 0.717) is 26.1 Å². The average Bonchev–Trinajstić information content (AvgIpc) is 3.06. The third-order valence-electron chi connectivity index (χ3n) is 4.09. The predicted molar refractivity (Wildman–Crippen MR) is 101 cm³/mol. The standard InChI is InChI=1S/C20H18FNO4S/c1-25-11-14-17-15(21)4-3-5-16(17)27-18(14)19(23)22-10-12-6-8-13(9-7-12)20(24)26-2/h3-9H,10-11H2,1-2H3,(H,22,23). The highest BCUT2D eigenvalue weighted by molar-refractivity contribution is 7.21. The van der Waals surface area contributed by atoms with E-state index in [-0.39, 0.29) is 24.9 Å². The number of amides is 1. The lowest BCUT2D eigenvalue weighted by Gasteiger charge is -2.07. The van der Waals surface area contributed by atoms with E-state index < -0.39 is 5.97 Å². The molecule has 7 heteroatoms. The number of carbonyl (C=O) groups is 2. The van der Waals surface area contributed by atoms with Gasteiger partial charge in [-0.25, -0.2) is 9.18 Å². The van der Waals surface area contributed by atoms with Crippen molar-refractivity contribution in [3.05, 3.63) is 69.8 Å². The highest BCUT2D eigenvalue weighted by atomic mass is 32.1. The van der Waals surface area contributed by atoms with E-state index in [2.05, 4.69) is 10.1 Å². The van der Waals surface area contributed by atoms with Crippen LogP contribution in [0.3, 0.4) is 0 Å². The first-order chi connectivity index (χ1) is 13.0. The summed E-state index contributed by atoms with van der Waals surface area (Å²) in [6.07, 6.45) is 0. The number of rotatable bonds is 6. The van der Waals surface area contributed by atoms with Crippen molar-refractivity contribution < 1.29 is 23.5 Å². The maximum absolute atomic E-state index is 14.2. The Kier molecular flexibility index (Phi) is 5.83. The topological polar surface area (TPSA) is 64.6 Å². The molecule has 5 nitrogen and oxygen atoms in total. The van der Waals surface area contributed by atoms with Gasteiger partial charge in [0, 0.05) is 29.3 Å². The van der Waals surface area contributed by atoms with Crippen LogP contribution in [0.5, 0.6) is 0 Å². The molecule has 0 radical (unpaired) electrons. The molecule has 27 heavy (non-hydrogen) atoms. The number of nitrogens with one attached hydrogen (secondary N) is 1. The van der Waals surface area contributed by atoms with Crippen molar-refractivity contribution in [2.75, 3.05) is 14.2 Å². The molecule has 0 unspecified atom stereocenters. The van der Waals surface area contributed by atoms with Crippen LogP contribution in [0.2, 0.25) is 0 Å². The normalized spacial score (nSPS) is 10.8. The molecule has 3 rings (SSSR count). The Balaban J connectivity index is 1.79. The number of fused-ring (bicyclic) bond motifs is 1. The first kappa shape index (κ1) is 19.0. The van der Waals surface area contributed by atoms with Crippen LogP contribution in [0, 0.1) is 5.82 Å². The zero-order valence-electron chi connectivity index (χ0n) is 14.9. The lowest BCUT2D eigenvalue weighted by molar-refractivity contribution is 0.0600. The van der Waals surface area contributed by atoms with Gasteiger partial charge in [-0.2, -0.15) is 0 Å². The van der Waals surface area contributed by atoms with Crippen LogP contribution in [0.25, 0.3) is 10.1 Å². The predicted octanol–water partition coefficient (Wildman–Crippen LogP) is 3.90. The molecule has 0 saturated heterocycles. The van der Waals surface area contributed by atoms with E-state index in [4.69, 9.17) is 4.74 Å². The highest BCUT2D eigenvalue weighted by Crippen LogP contribution is 2.33. The Labute approximate surface area is 159 Å². The third kappa shape index (κ3) is 3.99. The molecule has 1 N–H and O–H groups in total. The maximum Gasteiger partial charge on any atom is 0.337 e. The van der Waals surface area contributed by atoms with Crippen LogP contribution >= 0.6 is 11.3 Å². The number of hydrogen-bond donors (Lipinski definition) is 1. The van der Waals surface area contributed by atoms with Crippen molar-refractivity contribution in [3.8, 4) is 0 Å². The fourth-order valence-corrected chi connectivity index (χ4v) is 3.91. The minimum Gasteiger partial charge on any atom is -0.465 e. The Morgan fingerprint density at radius 1 is 1.11 bits per heavy atom. The van der Waals surface area contributed by atoms with Crippen molar-refractivity contribution in [3.63, 3.8) is 0 Å². The van der Waals surface area contributed by atoms with Crippen molar-refractivity contribution in [2.45, 2.75) is 13.2 Å². The second kappa shape index (κ2) is 8.28. The molecule has 140 valence electrons. The van der Waals surface area contributed by atoms with Gasteiger partial charge in [-0.15, -0.1) is 11.3 Å². The summed E-state index contributed by atoms with van der Waals surface area (Å²) < 4.78 is 24.7. The molecule has 0 spiro atoms. The van der Waals surface area contributed by atoms with Crippen LogP contribution < -0.4 is 5.32 Å². The van der Waals surface area contributed by atoms with Crippen LogP contribution in [-0.2, 0) is 22.6 Å². The van der Waals surface area contributed by atoms with Gasteiger partial charge in [0.15, 0.2) is 0 Å². The van der Waals surface area contributed by atoms with Gasteiger partial charge >= 0.3 is 5.97 Å². The van der Waals surface area contributed by atoms with E-state index in [1.165, 1.54) is 31.6 Å². The second-order valence-electron chi connectivity index (χ2n) is 5.83. The lowest BCUT2D eigenvalue weighted by Crippen LogP contribution is -2.23. The highest BCUT2D eigenvalue weighted by Gasteiger charge is 2.20. The van der Waals surface area contributed by atoms with Gasteiger partial charge in [0.05, 0.1) is 24.2 Å². The molecular weight excluding hydrogens is 369 g/mol. The van der Waals surface area contributed by atoms with Gasteiger partial charge in [0.25, 0.3) is 5.91 Å². The van der Waals surface area contributed by atoms with Crippen molar-refractivity contribution in [2.24, 2.45) is 0 Å². The van der Waals surface area contributed by atoms with Crippen LogP contribution in [0.1, 0.15) is 31.2 Å². The van der Waals surface area contributed by atoms with Gasteiger partial charge in [0.2, 0.25) is 0 Å². The Bertz CT molecular complexity index is 982. The fourth-order valence-electron chi connectivity index (χ4n) is 2.77. The van der Waals surface area contributed by atoms with E-state index in [1.807, 2.05) is 0 Å². The van der Waals surface area contributed by atoms with E-state index in [9.17, 15) is 14.0 Å². The van der Waals surface area contributed by atoms with E-state index >= 15 is 0 Å². The van der Waals surface area contributed by atoms with Gasteiger partial charge in [-0.3, -0.25) is 4.79 Å². The summed E-state index contributed by atoms with van der Waals surface area (Å²) >= 11 is 1.24. The molecule has 2 aromatic carbocycles. The molecular formula is C20H18FNO4S. The van der Waals surface area contributed by atoms with Crippen LogP contribution in [0.15, 0.2) is 42.5 Å². The van der Waals surface area contributed by atoms with Crippen molar-refractivity contribution in [1.29, 1.82) is 0 Å². The number of halogens is 1. The summed E-state index contributed by atoms with van der Waals surface area (Å²) in [6.45, 7) is 0.431. The first-order valence-electron chi connectivity index (χ1n) is 8.19. The summed E-state index contributed by atoms with van der Waals surface area (Å²) in [6, 6.07) is 11.5. The Morgan fingerprint density at radius 3 is 2.52 bits per heavy atom. The average molecular weight is 387 g/mol. The lowest BCUT2D eigenvalue weighted by atomic mass is 10.1. The molecule has 0 aliphatic heterocycles. The molecule has 0 aliphatic carbocycles. The van der Waals surface area contributed by atoms with Crippen molar-refractivity contribution >= 4 is 33.3 Å². The largest absolute Gasteiger partial charge is 0.465 e. The molecule has 1 heterocycles. The zero-order chi connectivity index (χ0) is 19.4.